The van der Waals surface area contributed by atoms with Crippen LogP contribution in [-0.4, -0.2) is 28.1 Å². The minimum absolute atomic E-state index is 0.0300. The summed E-state index contributed by atoms with van der Waals surface area (Å²) in [5.41, 5.74) is 3.41. The van der Waals surface area contributed by atoms with E-state index in [2.05, 4.69) is 4.98 Å². The highest BCUT2D eigenvalue weighted by Crippen LogP contribution is 2.35. The zero-order valence-corrected chi connectivity index (χ0v) is 13.4. The molecular formula is C18H19FN2O2. The summed E-state index contributed by atoms with van der Waals surface area (Å²) in [6, 6.07) is 6.24. The lowest BCUT2D eigenvalue weighted by atomic mass is 9.93. The molecule has 3 rings (SSSR count). The number of likely N-dealkylation sites (tertiary alicyclic amines) is 1. The number of carbonyl (C=O) groups is 2. The van der Waals surface area contributed by atoms with E-state index in [9.17, 15) is 14.0 Å². The van der Waals surface area contributed by atoms with Crippen molar-refractivity contribution in [1.29, 1.82) is 0 Å². The van der Waals surface area contributed by atoms with Crippen LogP contribution in [0.3, 0.4) is 0 Å². The molecule has 2 heterocycles. The Hall–Kier alpha value is -2.43. The van der Waals surface area contributed by atoms with Crippen LogP contribution < -0.4 is 0 Å². The van der Waals surface area contributed by atoms with E-state index in [0.29, 0.717) is 29.1 Å². The number of ketones is 1. The molecule has 0 saturated carbocycles. The number of aryl methyl sites for hydroxylation is 1. The van der Waals surface area contributed by atoms with Crippen LogP contribution in [0.15, 0.2) is 24.3 Å². The third-order valence-electron chi connectivity index (χ3n) is 4.54. The Morgan fingerprint density at radius 1 is 1.22 bits per heavy atom. The molecule has 1 N–H and O–H groups in total. The highest BCUT2D eigenvalue weighted by molar-refractivity contribution is 6.02. The second kappa shape index (κ2) is 5.65. The summed E-state index contributed by atoms with van der Waals surface area (Å²) in [6.07, 6.45) is 0.861. The van der Waals surface area contributed by atoms with Crippen molar-refractivity contribution in [3.8, 4) is 0 Å². The summed E-state index contributed by atoms with van der Waals surface area (Å²) in [6.45, 7) is 5.75. The van der Waals surface area contributed by atoms with Gasteiger partial charge in [-0.25, -0.2) is 4.39 Å². The molecule has 0 spiro atoms. The van der Waals surface area contributed by atoms with Gasteiger partial charge in [0.2, 0.25) is 0 Å². The van der Waals surface area contributed by atoms with Crippen molar-refractivity contribution in [1.82, 2.24) is 9.88 Å². The number of hydrogen-bond donors (Lipinski definition) is 1. The van der Waals surface area contributed by atoms with Crippen LogP contribution in [-0.2, 0) is 0 Å². The Bertz CT molecular complexity index is 777. The van der Waals surface area contributed by atoms with Crippen molar-refractivity contribution in [2.45, 2.75) is 33.2 Å². The van der Waals surface area contributed by atoms with Crippen LogP contribution >= 0.6 is 0 Å². The summed E-state index contributed by atoms with van der Waals surface area (Å²) in [5, 5.41) is 0. The van der Waals surface area contributed by atoms with Gasteiger partial charge in [-0.1, -0.05) is 12.1 Å². The highest BCUT2D eigenvalue weighted by atomic mass is 19.1. The number of halogens is 1. The van der Waals surface area contributed by atoms with Crippen LogP contribution in [0.4, 0.5) is 4.39 Å². The summed E-state index contributed by atoms with van der Waals surface area (Å²) >= 11 is 0. The zero-order valence-electron chi connectivity index (χ0n) is 13.4. The van der Waals surface area contributed by atoms with Crippen LogP contribution in [0.1, 0.15) is 57.1 Å². The number of hydrogen-bond acceptors (Lipinski definition) is 2. The lowest BCUT2D eigenvalue weighted by molar-refractivity contribution is 0.0459. The van der Waals surface area contributed by atoms with E-state index >= 15 is 0 Å². The quantitative estimate of drug-likeness (QED) is 0.881. The Morgan fingerprint density at radius 3 is 2.35 bits per heavy atom. The number of H-pyrrole nitrogens is 1. The maximum absolute atomic E-state index is 13.1. The van der Waals surface area contributed by atoms with Gasteiger partial charge < -0.3 is 9.88 Å². The smallest absolute Gasteiger partial charge is 0.256 e. The summed E-state index contributed by atoms with van der Waals surface area (Å²) < 4.78 is 13.1. The predicted molar refractivity (Wildman–Crippen MR) is 85.1 cm³/mol. The zero-order chi connectivity index (χ0) is 16.7. The number of carbonyl (C=O) groups excluding carboxylic acids is 2. The number of nitrogens with one attached hydrogen (secondary N) is 1. The summed E-state index contributed by atoms with van der Waals surface area (Å²) in [5.74, 6) is -0.443. The maximum Gasteiger partial charge on any atom is 0.256 e. The van der Waals surface area contributed by atoms with E-state index in [1.165, 1.54) is 19.1 Å². The Balaban J connectivity index is 1.89. The topological polar surface area (TPSA) is 53.2 Å². The molecule has 1 aliphatic heterocycles. The minimum Gasteiger partial charge on any atom is -0.355 e. The fourth-order valence-corrected chi connectivity index (χ4v) is 3.23. The van der Waals surface area contributed by atoms with Crippen LogP contribution in [0.25, 0.3) is 0 Å². The van der Waals surface area contributed by atoms with Gasteiger partial charge in [0.1, 0.15) is 5.82 Å². The lowest BCUT2D eigenvalue weighted by Crippen LogP contribution is -2.45. The van der Waals surface area contributed by atoms with Gasteiger partial charge in [-0.3, -0.25) is 9.59 Å². The molecule has 1 aliphatic rings. The molecule has 23 heavy (non-hydrogen) atoms. The second-order valence-electron chi connectivity index (χ2n) is 6.04. The van der Waals surface area contributed by atoms with Crippen molar-refractivity contribution >= 4 is 11.7 Å². The number of rotatable bonds is 3. The highest BCUT2D eigenvalue weighted by Gasteiger charge is 2.36. The molecule has 1 fully saturated rings. The van der Waals surface area contributed by atoms with E-state index in [0.717, 1.165) is 12.0 Å². The molecule has 0 bridgehead atoms. The van der Waals surface area contributed by atoms with Crippen molar-refractivity contribution in [2.24, 2.45) is 0 Å². The monoisotopic (exact) mass is 314 g/mol. The SMILES string of the molecule is CC(=O)c1[nH]c(C)c(C(=O)N2CC[C@H]2c2ccc(F)cc2)c1C. The first-order valence-electron chi connectivity index (χ1n) is 7.66. The number of aromatic nitrogens is 1. The molecule has 120 valence electrons. The van der Waals surface area contributed by atoms with Crippen molar-refractivity contribution in [3.05, 3.63) is 58.2 Å². The molecule has 1 saturated heterocycles. The fraction of sp³-hybridized carbons (Fsp3) is 0.333. The van der Waals surface area contributed by atoms with E-state index in [-0.39, 0.29) is 23.5 Å². The lowest BCUT2D eigenvalue weighted by Gasteiger charge is -2.41. The van der Waals surface area contributed by atoms with Gasteiger partial charge in [0, 0.05) is 19.2 Å². The predicted octanol–water partition coefficient (Wildman–Crippen LogP) is 3.56. The molecule has 0 radical (unpaired) electrons. The largest absolute Gasteiger partial charge is 0.355 e. The van der Waals surface area contributed by atoms with Gasteiger partial charge >= 0.3 is 0 Å². The first-order chi connectivity index (χ1) is 10.9. The van der Waals surface area contributed by atoms with Crippen molar-refractivity contribution in [3.63, 3.8) is 0 Å². The molecule has 1 aromatic carbocycles. The fourth-order valence-electron chi connectivity index (χ4n) is 3.23. The molecule has 1 amide bonds. The summed E-state index contributed by atoms with van der Waals surface area (Å²) in [7, 11) is 0. The second-order valence-corrected chi connectivity index (χ2v) is 6.04. The van der Waals surface area contributed by atoms with Gasteiger partial charge in [-0.2, -0.15) is 0 Å². The Morgan fingerprint density at radius 2 is 1.87 bits per heavy atom. The van der Waals surface area contributed by atoms with E-state index in [1.54, 1.807) is 30.9 Å². The van der Waals surface area contributed by atoms with E-state index in [4.69, 9.17) is 0 Å². The van der Waals surface area contributed by atoms with Gasteiger partial charge in [0.25, 0.3) is 5.91 Å². The van der Waals surface area contributed by atoms with Gasteiger partial charge in [0.15, 0.2) is 5.78 Å². The Kier molecular flexibility index (Phi) is 3.80. The van der Waals surface area contributed by atoms with Crippen LogP contribution in [0.5, 0.6) is 0 Å². The maximum atomic E-state index is 13.1. The van der Waals surface area contributed by atoms with Gasteiger partial charge in [0.05, 0.1) is 17.3 Å². The number of aromatic amines is 1. The standard InChI is InChI=1S/C18H19FN2O2/c1-10-16(11(2)20-17(10)12(3)22)18(23)21-9-8-15(21)13-4-6-14(19)7-5-13/h4-7,15,20H,8-9H2,1-3H3/t15-/m0/s1. The first kappa shape index (κ1) is 15.5. The van der Waals surface area contributed by atoms with E-state index < -0.39 is 0 Å². The average molecular weight is 314 g/mol. The molecule has 4 nitrogen and oxygen atoms in total. The van der Waals surface area contributed by atoms with Crippen molar-refractivity contribution < 1.29 is 14.0 Å². The van der Waals surface area contributed by atoms with Crippen LogP contribution in [0, 0.1) is 19.7 Å². The van der Waals surface area contributed by atoms with E-state index in [1.807, 2.05) is 0 Å². The number of amides is 1. The molecule has 1 atom stereocenters. The molecule has 1 aromatic heterocycles. The molecular weight excluding hydrogens is 295 g/mol. The third-order valence-corrected chi connectivity index (χ3v) is 4.54. The molecule has 0 aliphatic carbocycles. The van der Waals surface area contributed by atoms with Crippen LogP contribution in [0.2, 0.25) is 0 Å². The number of nitrogens with zero attached hydrogens (tertiary/aromatic N) is 1. The summed E-state index contributed by atoms with van der Waals surface area (Å²) in [4.78, 5) is 29.3. The first-order valence-corrected chi connectivity index (χ1v) is 7.66. The Labute approximate surface area is 134 Å². The molecule has 0 unspecified atom stereocenters. The molecule has 5 heteroatoms. The number of benzene rings is 1. The average Bonchev–Trinajstić information content (AvgIpc) is 2.75. The van der Waals surface area contributed by atoms with Gasteiger partial charge in [-0.05, 0) is 43.5 Å². The third kappa shape index (κ3) is 2.56. The molecule has 2 aromatic rings. The minimum atomic E-state index is -0.283. The normalized spacial score (nSPS) is 17.0. The van der Waals surface area contributed by atoms with Gasteiger partial charge in [-0.15, -0.1) is 0 Å². The number of Topliss-reactive ketones (excluding diaryl/α,β-unsaturated/α-hetero) is 1. The van der Waals surface area contributed by atoms with Crippen molar-refractivity contribution in [2.75, 3.05) is 6.54 Å².